The molecule has 0 rings (SSSR count). The van der Waals surface area contributed by atoms with E-state index in [1.54, 1.807) is 6.92 Å². The fourth-order valence-electron chi connectivity index (χ4n) is 2.13. The molecule has 106 valence electrons. The van der Waals surface area contributed by atoms with Crippen LogP contribution in [0, 0.1) is 5.92 Å². The van der Waals surface area contributed by atoms with Gasteiger partial charge < -0.3 is 10.6 Å². The Bertz CT molecular complexity index is 265. The normalized spacial score (nSPS) is 14.6. The molecule has 0 aromatic rings. The Morgan fingerprint density at radius 2 is 1.83 bits per heavy atom. The van der Waals surface area contributed by atoms with Crippen molar-refractivity contribution in [1.82, 2.24) is 10.6 Å². The quantitative estimate of drug-likeness (QED) is 0.622. The molecule has 0 aromatic heterocycles. The summed E-state index contributed by atoms with van der Waals surface area (Å²) in [7, 11) is 1.81. The van der Waals surface area contributed by atoms with Gasteiger partial charge in [-0.25, -0.2) is 0 Å². The van der Waals surface area contributed by atoms with Gasteiger partial charge in [-0.15, -0.1) is 0 Å². The van der Waals surface area contributed by atoms with Crippen LogP contribution in [-0.2, 0) is 9.59 Å². The van der Waals surface area contributed by atoms with Crippen molar-refractivity contribution >= 4 is 11.6 Å². The van der Waals surface area contributed by atoms with E-state index in [1.165, 1.54) is 0 Å². The molecular weight excluding hydrogens is 228 g/mol. The smallest absolute Gasteiger partial charge is 0.151 e. The van der Waals surface area contributed by atoms with E-state index in [4.69, 9.17) is 0 Å². The molecule has 4 nitrogen and oxygen atoms in total. The Kier molecular flexibility index (Phi) is 8.85. The van der Waals surface area contributed by atoms with E-state index < -0.39 is 0 Å². The third-order valence-corrected chi connectivity index (χ3v) is 3.15. The second-order valence-corrected chi connectivity index (χ2v) is 5.13. The number of Topliss-reactive ketones (excluding diaryl/α,β-unsaturated/α-hetero) is 2. The molecule has 0 amide bonds. The standard InChI is InChI=1S/C14H28N2O2/c1-6-7-12(11(4)17)16-9-8-13(18)14(15-5)10(2)3/h10,12,14-16H,6-9H2,1-5H3/t12-,14-/m0/s1. The molecule has 0 unspecified atom stereocenters. The van der Waals surface area contributed by atoms with Crippen LogP contribution in [0.15, 0.2) is 0 Å². The van der Waals surface area contributed by atoms with Crippen LogP contribution >= 0.6 is 0 Å². The molecule has 0 aliphatic heterocycles. The summed E-state index contributed by atoms with van der Waals surface area (Å²) in [4.78, 5) is 23.3. The number of likely N-dealkylation sites (N-methyl/N-ethyl adjacent to an activating group) is 1. The first-order valence-corrected chi connectivity index (χ1v) is 6.87. The van der Waals surface area contributed by atoms with Crippen molar-refractivity contribution < 1.29 is 9.59 Å². The lowest BCUT2D eigenvalue weighted by Crippen LogP contribution is -2.42. The number of hydrogen-bond donors (Lipinski definition) is 2. The Labute approximate surface area is 111 Å². The summed E-state index contributed by atoms with van der Waals surface area (Å²) in [5, 5.41) is 6.21. The van der Waals surface area contributed by atoms with Gasteiger partial charge in [0, 0.05) is 13.0 Å². The van der Waals surface area contributed by atoms with Crippen LogP contribution < -0.4 is 10.6 Å². The van der Waals surface area contributed by atoms with Crippen LogP contribution in [0.1, 0.15) is 47.0 Å². The second kappa shape index (κ2) is 9.22. The van der Waals surface area contributed by atoms with Crippen LogP contribution in [0.4, 0.5) is 0 Å². The van der Waals surface area contributed by atoms with Gasteiger partial charge >= 0.3 is 0 Å². The van der Waals surface area contributed by atoms with E-state index >= 15 is 0 Å². The number of nitrogens with one attached hydrogen (secondary N) is 2. The minimum Gasteiger partial charge on any atom is -0.310 e. The van der Waals surface area contributed by atoms with E-state index in [9.17, 15) is 9.59 Å². The van der Waals surface area contributed by atoms with E-state index in [1.807, 2.05) is 20.9 Å². The molecule has 0 aliphatic rings. The van der Waals surface area contributed by atoms with Crippen LogP contribution in [0.2, 0.25) is 0 Å². The van der Waals surface area contributed by atoms with Gasteiger partial charge in [-0.3, -0.25) is 9.59 Å². The van der Waals surface area contributed by atoms with E-state index in [-0.39, 0.29) is 23.7 Å². The molecule has 0 heterocycles. The van der Waals surface area contributed by atoms with Gasteiger partial charge in [-0.05, 0) is 26.3 Å². The van der Waals surface area contributed by atoms with Crippen LogP contribution in [0.5, 0.6) is 0 Å². The van der Waals surface area contributed by atoms with Gasteiger partial charge in [0.25, 0.3) is 0 Å². The summed E-state index contributed by atoms with van der Waals surface area (Å²) in [6.07, 6.45) is 2.27. The fraction of sp³-hybridized carbons (Fsp3) is 0.857. The molecular formula is C14H28N2O2. The third kappa shape index (κ3) is 6.26. The first kappa shape index (κ1) is 17.3. The predicted octanol–water partition coefficient (Wildman–Crippen LogP) is 1.54. The summed E-state index contributed by atoms with van der Waals surface area (Å²) in [5.74, 6) is 0.652. The molecule has 4 heteroatoms. The van der Waals surface area contributed by atoms with Crippen molar-refractivity contribution in [2.24, 2.45) is 5.92 Å². The number of hydrogen-bond acceptors (Lipinski definition) is 4. The zero-order valence-electron chi connectivity index (χ0n) is 12.4. The summed E-state index contributed by atoms with van der Waals surface area (Å²) in [5.41, 5.74) is 0. The van der Waals surface area contributed by atoms with E-state index in [0.717, 1.165) is 12.8 Å². The van der Waals surface area contributed by atoms with Crippen molar-refractivity contribution in [1.29, 1.82) is 0 Å². The first-order chi connectivity index (χ1) is 8.43. The average molecular weight is 256 g/mol. The number of ketones is 2. The molecule has 0 aliphatic carbocycles. The lowest BCUT2D eigenvalue weighted by molar-refractivity contribution is -0.122. The first-order valence-electron chi connectivity index (χ1n) is 6.87. The van der Waals surface area contributed by atoms with Crippen molar-refractivity contribution in [2.75, 3.05) is 13.6 Å². The highest BCUT2D eigenvalue weighted by atomic mass is 16.1. The summed E-state index contributed by atoms with van der Waals surface area (Å²) >= 11 is 0. The van der Waals surface area contributed by atoms with Crippen molar-refractivity contribution in [3.63, 3.8) is 0 Å². The van der Waals surface area contributed by atoms with Gasteiger partial charge in [0.05, 0.1) is 12.1 Å². The van der Waals surface area contributed by atoms with Gasteiger partial charge in [0.2, 0.25) is 0 Å². The zero-order chi connectivity index (χ0) is 14.1. The monoisotopic (exact) mass is 256 g/mol. The highest BCUT2D eigenvalue weighted by molar-refractivity contribution is 5.84. The molecule has 2 atom stereocenters. The Morgan fingerprint density at radius 3 is 2.22 bits per heavy atom. The van der Waals surface area contributed by atoms with Crippen LogP contribution in [-0.4, -0.2) is 37.2 Å². The van der Waals surface area contributed by atoms with Crippen molar-refractivity contribution in [2.45, 2.75) is 59.0 Å². The third-order valence-electron chi connectivity index (χ3n) is 3.15. The van der Waals surface area contributed by atoms with E-state index in [2.05, 4.69) is 17.6 Å². The zero-order valence-corrected chi connectivity index (χ0v) is 12.4. The number of rotatable bonds is 10. The summed E-state index contributed by atoms with van der Waals surface area (Å²) in [6.45, 7) is 8.29. The van der Waals surface area contributed by atoms with Gasteiger partial charge in [-0.1, -0.05) is 27.2 Å². The fourth-order valence-corrected chi connectivity index (χ4v) is 2.13. The predicted molar refractivity (Wildman–Crippen MR) is 74.7 cm³/mol. The average Bonchev–Trinajstić information content (AvgIpc) is 2.28. The summed E-state index contributed by atoms with van der Waals surface area (Å²) in [6, 6.07) is -0.191. The maximum atomic E-state index is 11.9. The van der Waals surface area contributed by atoms with Crippen molar-refractivity contribution in [3.05, 3.63) is 0 Å². The minimum atomic E-state index is -0.102. The molecule has 0 saturated carbocycles. The maximum absolute atomic E-state index is 11.9. The Balaban J connectivity index is 4.08. The second-order valence-electron chi connectivity index (χ2n) is 5.13. The minimum absolute atomic E-state index is 0.0891. The molecule has 0 spiro atoms. The Morgan fingerprint density at radius 1 is 1.22 bits per heavy atom. The van der Waals surface area contributed by atoms with Gasteiger partial charge in [0.15, 0.2) is 5.78 Å². The lowest BCUT2D eigenvalue weighted by atomic mass is 9.98. The molecule has 0 radical (unpaired) electrons. The molecule has 18 heavy (non-hydrogen) atoms. The number of carbonyl (C=O) groups excluding carboxylic acids is 2. The van der Waals surface area contributed by atoms with Gasteiger partial charge in [0.1, 0.15) is 5.78 Å². The maximum Gasteiger partial charge on any atom is 0.151 e. The summed E-state index contributed by atoms with van der Waals surface area (Å²) < 4.78 is 0. The van der Waals surface area contributed by atoms with Crippen molar-refractivity contribution in [3.8, 4) is 0 Å². The van der Waals surface area contributed by atoms with Gasteiger partial charge in [-0.2, -0.15) is 0 Å². The molecule has 0 aromatic carbocycles. The topological polar surface area (TPSA) is 58.2 Å². The largest absolute Gasteiger partial charge is 0.310 e. The molecule has 0 saturated heterocycles. The Hall–Kier alpha value is -0.740. The number of carbonyl (C=O) groups is 2. The SMILES string of the molecule is CCC[C@H](NCCC(=O)[C@@H](NC)C(C)C)C(C)=O. The molecule has 0 fully saturated rings. The highest BCUT2D eigenvalue weighted by Crippen LogP contribution is 2.05. The molecule has 2 N–H and O–H groups in total. The van der Waals surface area contributed by atoms with Crippen LogP contribution in [0.3, 0.4) is 0 Å². The molecule has 0 bridgehead atoms. The van der Waals surface area contributed by atoms with Crippen LogP contribution in [0.25, 0.3) is 0 Å². The lowest BCUT2D eigenvalue weighted by Gasteiger charge is -2.20. The highest BCUT2D eigenvalue weighted by Gasteiger charge is 2.20. The van der Waals surface area contributed by atoms with E-state index in [0.29, 0.717) is 18.9 Å².